The Balaban J connectivity index is 1.20. The van der Waals surface area contributed by atoms with Crippen molar-refractivity contribution in [3.63, 3.8) is 0 Å². The summed E-state index contributed by atoms with van der Waals surface area (Å²) in [5.41, 5.74) is 2.07. The van der Waals surface area contributed by atoms with Crippen LogP contribution < -0.4 is 4.90 Å². The lowest BCUT2D eigenvalue weighted by Gasteiger charge is -2.48. The van der Waals surface area contributed by atoms with Crippen molar-refractivity contribution in [2.24, 2.45) is 5.41 Å². The number of hydrogen-bond donors (Lipinski definition) is 0. The van der Waals surface area contributed by atoms with Crippen molar-refractivity contribution in [1.29, 1.82) is 0 Å². The van der Waals surface area contributed by atoms with Crippen LogP contribution in [0.3, 0.4) is 0 Å². The molecule has 3 aromatic rings. The Kier molecular flexibility index (Phi) is 4.83. The molecule has 2 saturated heterocycles. The summed E-state index contributed by atoms with van der Waals surface area (Å²) in [7, 11) is 0. The maximum atomic E-state index is 11.8. The minimum atomic E-state index is -0.374. The highest BCUT2D eigenvalue weighted by molar-refractivity contribution is 5.88. The Labute approximate surface area is 175 Å². The smallest absolute Gasteiger partial charge is 0.341 e. The summed E-state index contributed by atoms with van der Waals surface area (Å²) in [6.07, 6.45) is 8.07. The van der Waals surface area contributed by atoms with Crippen LogP contribution in [0.5, 0.6) is 0 Å². The van der Waals surface area contributed by atoms with Gasteiger partial charge < -0.3 is 9.64 Å². The fourth-order valence-electron chi connectivity index (χ4n) is 4.75. The molecule has 4 heterocycles. The summed E-state index contributed by atoms with van der Waals surface area (Å²) in [4.78, 5) is 29.6. The number of aromatic nitrogens is 3. The lowest BCUT2D eigenvalue weighted by molar-refractivity contribution is 0.0119. The summed E-state index contributed by atoms with van der Waals surface area (Å²) >= 11 is 0. The van der Waals surface area contributed by atoms with Gasteiger partial charge in [-0.3, -0.25) is 9.88 Å². The van der Waals surface area contributed by atoms with Crippen molar-refractivity contribution in [3.05, 3.63) is 60.2 Å². The monoisotopic (exact) mass is 403 g/mol. The van der Waals surface area contributed by atoms with Crippen molar-refractivity contribution in [1.82, 2.24) is 19.9 Å². The number of carbonyl (C=O) groups excluding carboxylic acids is 1. The third-order valence-electron chi connectivity index (χ3n) is 6.15. The van der Waals surface area contributed by atoms with Crippen molar-refractivity contribution < 1.29 is 9.53 Å². The van der Waals surface area contributed by atoms with E-state index in [1.165, 1.54) is 16.3 Å². The molecule has 1 aromatic carbocycles. The maximum Gasteiger partial charge on any atom is 0.341 e. The van der Waals surface area contributed by atoms with Crippen molar-refractivity contribution in [3.8, 4) is 0 Å². The summed E-state index contributed by atoms with van der Waals surface area (Å²) < 4.78 is 5.00. The highest BCUT2D eigenvalue weighted by atomic mass is 16.5. The van der Waals surface area contributed by atoms with Crippen LogP contribution in [-0.4, -0.2) is 58.6 Å². The Morgan fingerprint density at radius 2 is 1.97 bits per heavy atom. The number of anilines is 1. The predicted octanol–water partition coefficient (Wildman–Crippen LogP) is 2.91. The third kappa shape index (κ3) is 3.50. The lowest BCUT2D eigenvalue weighted by Crippen LogP contribution is -2.56. The molecule has 0 atom stereocenters. The molecule has 5 rings (SSSR count). The molecule has 0 aliphatic carbocycles. The number of esters is 1. The first kappa shape index (κ1) is 18.9. The molecule has 7 nitrogen and oxygen atoms in total. The van der Waals surface area contributed by atoms with Crippen molar-refractivity contribution in [2.45, 2.75) is 19.9 Å². The van der Waals surface area contributed by atoms with Crippen LogP contribution in [0, 0.1) is 5.41 Å². The van der Waals surface area contributed by atoms with Gasteiger partial charge in [0.05, 0.1) is 12.2 Å². The molecule has 0 bridgehead atoms. The number of rotatable bonds is 5. The van der Waals surface area contributed by atoms with Crippen LogP contribution in [0.1, 0.15) is 29.3 Å². The van der Waals surface area contributed by atoms with Gasteiger partial charge in [0, 0.05) is 68.3 Å². The minimum Gasteiger partial charge on any atom is -0.462 e. The first-order chi connectivity index (χ1) is 14.7. The number of carbonyl (C=O) groups is 1. The second-order valence-electron chi connectivity index (χ2n) is 8.32. The van der Waals surface area contributed by atoms with E-state index in [1.54, 1.807) is 19.3 Å². The zero-order chi connectivity index (χ0) is 20.6. The molecule has 1 spiro atoms. The van der Waals surface area contributed by atoms with Crippen molar-refractivity contribution >= 4 is 22.7 Å². The number of likely N-dealkylation sites (tertiary alicyclic amines) is 1. The zero-order valence-electron chi connectivity index (χ0n) is 17.1. The number of nitrogens with zero attached hydrogens (tertiary/aromatic N) is 5. The standard InChI is InChI=1S/C23H25N5O2/c1-2-30-21(29)19-11-25-22(26-12-19)28-9-7-23(16-28)14-27(15-23)13-18-5-3-4-17-10-24-8-6-20(17)18/h3-6,8,10-12H,2,7,9,13-16H2,1H3. The molecule has 2 aliphatic rings. The molecule has 7 heteroatoms. The molecule has 154 valence electrons. The fourth-order valence-corrected chi connectivity index (χ4v) is 4.75. The number of hydrogen-bond acceptors (Lipinski definition) is 7. The van der Waals surface area contributed by atoms with Gasteiger partial charge in [0.25, 0.3) is 0 Å². The van der Waals surface area contributed by atoms with E-state index in [9.17, 15) is 4.79 Å². The Hall–Kier alpha value is -3.06. The summed E-state index contributed by atoms with van der Waals surface area (Å²) in [5.74, 6) is 0.320. The number of fused-ring (bicyclic) bond motifs is 1. The zero-order valence-corrected chi connectivity index (χ0v) is 17.1. The molecule has 0 N–H and O–H groups in total. The number of benzene rings is 1. The quantitative estimate of drug-likeness (QED) is 0.607. The van der Waals surface area contributed by atoms with E-state index in [-0.39, 0.29) is 5.97 Å². The number of pyridine rings is 1. The Bertz CT molecular complexity index is 1060. The Morgan fingerprint density at radius 3 is 2.77 bits per heavy atom. The van der Waals surface area contributed by atoms with E-state index >= 15 is 0 Å². The molecule has 2 aliphatic heterocycles. The molecule has 30 heavy (non-hydrogen) atoms. The van der Waals surface area contributed by atoms with Gasteiger partial charge in [-0.15, -0.1) is 0 Å². The van der Waals surface area contributed by atoms with Gasteiger partial charge in [-0.05, 0) is 30.4 Å². The maximum absolute atomic E-state index is 11.8. The topological polar surface area (TPSA) is 71.5 Å². The largest absolute Gasteiger partial charge is 0.462 e. The van der Waals surface area contributed by atoms with Gasteiger partial charge in [-0.1, -0.05) is 18.2 Å². The van der Waals surface area contributed by atoms with Crippen LogP contribution >= 0.6 is 0 Å². The van der Waals surface area contributed by atoms with Crippen LogP contribution in [0.2, 0.25) is 0 Å². The van der Waals surface area contributed by atoms with Gasteiger partial charge >= 0.3 is 5.97 Å². The molecule has 2 fully saturated rings. The SMILES string of the molecule is CCOC(=O)c1cnc(N2CCC3(CN(Cc4cccc5cnccc45)C3)C2)nc1. The van der Waals surface area contributed by atoms with E-state index in [0.717, 1.165) is 39.1 Å². The van der Waals surface area contributed by atoms with Crippen molar-refractivity contribution in [2.75, 3.05) is 37.7 Å². The van der Waals surface area contributed by atoms with E-state index in [1.807, 2.05) is 12.4 Å². The minimum absolute atomic E-state index is 0.315. The summed E-state index contributed by atoms with van der Waals surface area (Å²) in [6, 6.07) is 8.55. The highest BCUT2D eigenvalue weighted by Gasteiger charge is 2.47. The average molecular weight is 403 g/mol. The molecule has 0 unspecified atom stereocenters. The fraction of sp³-hybridized carbons (Fsp3) is 0.391. The normalized spacial score (nSPS) is 18.0. The van der Waals surface area contributed by atoms with Crippen LogP contribution in [0.25, 0.3) is 10.8 Å². The molecule has 2 aromatic heterocycles. The molecular weight excluding hydrogens is 378 g/mol. The van der Waals surface area contributed by atoms with Crippen LogP contribution in [0.15, 0.2) is 49.1 Å². The first-order valence-corrected chi connectivity index (χ1v) is 10.4. The Morgan fingerprint density at radius 1 is 1.13 bits per heavy atom. The van der Waals surface area contributed by atoms with Crippen LogP contribution in [0.4, 0.5) is 5.95 Å². The van der Waals surface area contributed by atoms with E-state index in [0.29, 0.717) is 23.5 Å². The second kappa shape index (κ2) is 7.65. The third-order valence-corrected chi connectivity index (χ3v) is 6.15. The van der Waals surface area contributed by atoms with E-state index < -0.39 is 0 Å². The predicted molar refractivity (Wildman–Crippen MR) is 114 cm³/mol. The van der Waals surface area contributed by atoms with Gasteiger partial charge in [0.15, 0.2) is 0 Å². The lowest BCUT2D eigenvalue weighted by atomic mass is 9.79. The van der Waals surface area contributed by atoms with Gasteiger partial charge in [-0.25, -0.2) is 14.8 Å². The van der Waals surface area contributed by atoms with E-state index in [2.05, 4.69) is 49.0 Å². The molecule has 0 saturated carbocycles. The van der Waals surface area contributed by atoms with Crippen LogP contribution in [-0.2, 0) is 11.3 Å². The second-order valence-corrected chi connectivity index (χ2v) is 8.32. The summed E-state index contributed by atoms with van der Waals surface area (Å²) in [6.45, 7) is 7.19. The van der Waals surface area contributed by atoms with Gasteiger partial charge in [0.2, 0.25) is 5.95 Å². The summed E-state index contributed by atoms with van der Waals surface area (Å²) in [5, 5.41) is 2.48. The molecule has 0 amide bonds. The first-order valence-electron chi connectivity index (χ1n) is 10.4. The highest BCUT2D eigenvalue weighted by Crippen LogP contribution is 2.41. The van der Waals surface area contributed by atoms with E-state index in [4.69, 9.17) is 4.74 Å². The van der Waals surface area contributed by atoms with Gasteiger partial charge in [0.1, 0.15) is 0 Å². The number of ether oxygens (including phenoxy) is 1. The van der Waals surface area contributed by atoms with Gasteiger partial charge in [-0.2, -0.15) is 0 Å². The molecule has 0 radical (unpaired) electrons. The molecular formula is C23H25N5O2. The average Bonchev–Trinajstić information content (AvgIpc) is 3.20.